The van der Waals surface area contributed by atoms with E-state index in [1.165, 1.54) is 116 Å². The van der Waals surface area contributed by atoms with Crippen LogP contribution in [0.4, 0.5) is 0 Å². The van der Waals surface area contributed by atoms with Crippen LogP contribution in [-0.4, -0.2) is 62.3 Å². The maximum absolute atomic E-state index is 11.7. The van der Waals surface area contributed by atoms with E-state index in [0.717, 1.165) is 38.5 Å². The van der Waals surface area contributed by atoms with Crippen molar-refractivity contribution in [3.8, 4) is 0 Å². The standard InChI is InChI=1S/C32H62O6.H3O4P/c1-3-5-7-9-11-13-15-17-19-21-23-25-27-37-29(31(33)34)30(32(35)36)38-28-26-24-22-20-18-16-14-12-10-8-6-4-2;1-5(2,3)4/h29-30H,3-28H2,1-2H3,(H,33,34)(H,35,36);(H3,1,2,3,4). The Morgan fingerprint density at radius 3 is 0.837 bits per heavy atom. The van der Waals surface area contributed by atoms with E-state index in [2.05, 4.69) is 13.8 Å². The molecule has 0 radical (unpaired) electrons. The third kappa shape index (κ3) is 37.1. The molecule has 0 aliphatic rings. The van der Waals surface area contributed by atoms with Gasteiger partial charge in [0.05, 0.1) is 0 Å². The first-order valence-electron chi connectivity index (χ1n) is 17.0. The summed E-state index contributed by atoms with van der Waals surface area (Å²) >= 11 is 0. The summed E-state index contributed by atoms with van der Waals surface area (Å²) in [4.78, 5) is 44.9. The number of rotatable bonds is 31. The van der Waals surface area contributed by atoms with Gasteiger partial charge >= 0.3 is 19.8 Å². The van der Waals surface area contributed by atoms with E-state index < -0.39 is 32.0 Å². The molecule has 0 bridgehead atoms. The van der Waals surface area contributed by atoms with E-state index in [-0.39, 0.29) is 13.2 Å². The molecular weight excluding hydrogens is 575 g/mol. The summed E-state index contributed by atoms with van der Waals surface area (Å²) in [5.41, 5.74) is 0. The van der Waals surface area contributed by atoms with Crippen LogP contribution in [0, 0.1) is 0 Å². The van der Waals surface area contributed by atoms with Gasteiger partial charge in [0.2, 0.25) is 0 Å². The van der Waals surface area contributed by atoms with Gasteiger partial charge in [-0.05, 0) is 12.8 Å². The molecule has 0 aliphatic carbocycles. The van der Waals surface area contributed by atoms with Gasteiger partial charge in [0.25, 0.3) is 0 Å². The average molecular weight is 641 g/mol. The number of aliphatic carboxylic acids is 2. The van der Waals surface area contributed by atoms with Crippen LogP contribution in [0.1, 0.15) is 168 Å². The Morgan fingerprint density at radius 2 is 0.651 bits per heavy atom. The summed E-state index contributed by atoms with van der Waals surface area (Å²) in [7, 11) is -4.64. The Labute approximate surface area is 261 Å². The molecule has 2 atom stereocenters. The molecule has 0 spiro atoms. The molecule has 5 N–H and O–H groups in total. The van der Waals surface area contributed by atoms with Crippen LogP contribution in [0.15, 0.2) is 0 Å². The van der Waals surface area contributed by atoms with Gasteiger partial charge in [-0.3, -0.25) is 0 Å². The second kappa shape index (κ2) is 32.4. The first-order chi connectivity index (χ1) is 20.5. The zero-order valence-electron chi connectivity index (χ0n) is 27.3. The van der Waals surface area contributed by atoms with Crippen molar-refractivity contribution < 1.29 is 48.5 Å². The molecule has 0 aliphatic heterocycles. The highest BCUT2D eigenvalue weighted by atomic mass is 31.2. The molecule has 0 aromatic carbocycles. The SMILES string of the molecule is CCCCCCCCCCCCCCOC(C(=O)O)C(OCCCCCCCCCCCCCC)C(=O)O.O=P(O)(O)O. The van der Waals surface area contributed by atoms with Crippen molar-refractivity contribution in [2.75, 3.05) is 13.2 Å². The van der Waals surface area contributed by atoms with Gasteiger partial charge in [-0.15, -0.1) is 0 Å². The summed E-state index contributed by atoms with van der Waals surface area (Å²) < 4.78 is 19.8. The zero-order chi connectivity index (χ0) is 32.6. The summed E-state index contributed by atoms with van der Waals surface area (Å²) in [5.74, 6) is -2.54. The molecule has 10 nitrogen and oxygen atoms in total. The van der Waals surface area contributed by atoms with Gasteiger partial charge < -0.3 is 34.4 Å². The number of carboxylic acid groups (broad SMARTS) is 2. The lowest BCUT2D eigenvalue weighted by Gasteiger charge is -2.21. The first-order valence-corrected chi connectivity index (χ1v) is 18.6. The Balaban J connectivity index is 0. The monoisotopic (exact) mass is 640 g/mol. The van der Waals surface area contributed by atoms with Crippen LogP contribution in [0.3, 0.4) is 0 Å². The van der Waals surface area contributed by atoms with Gasteiger partial charge in [0.1, 0.15) is 0 Å². The summed E-state index contributed by atoms with van der Waals surface area (Å²) in [6.07, 6.45) is 26.2. The van der Waals surface area contributed by atoms with E-state index in [1.807, 2.05) is 0 Å². The molecule has 0 aromatic heterocycles. The zero-order valence-corrected chi connectivity index (χ0v) is 28.2. The molecule has 0 fully saturated rings. The quantitative estimate of drug-likeness (QED) is 0.0366. The van der Waals surface area contributed by atoms with E-state index in [9.17, 15) is 19.8 Å². The second-order valence-corrected chi connectivity index (χ2v) is 12.6. The highest BCUT2D eigenvalue weighted by Gasteiger charge is 2.35. The number of unbranched alkanes of at least 4 members (excludes halogenated alkanes) is 22. The molecule has 0 rings (SSSR count). The van der Waals surface area contributed by atoms with E-state index in [0.29, 0.717) is 0 Å². The fraction of sp³-hybridized carbons (Fsp3) is 0.938. The summed E-state index contributed by atoms with van der Waals surface area (Å²) in [5, 5.41) is 19.0. The van der Waals surface area contributed by atoms with Gasteiger partial charge in [-0.2, -0.15) is 0 Å². The van der Waals surface area contributed by atoms with Gasteiger partial charge in [-0.25, -0.2) is 14.2 Å². The number of hydrogen-bond acceptors (Lipinski definition) is 5. The van der Waals surface area contributed by atoms with Crippen LogP contribution < -0.4 is 0 Å². The van der Waals surface area contributed by atoms with Crippen LogP contribution in [0.2, 0.25) is 0 Å². The molecular formula is C32H65O10P. The minimum absolute atomic E-state index is 0.250. The Morgan fingerprint density at radius 1 is 0.465 bits per heavy atom. The third-order valence-electron chi connectivity index (χ3n) is 7.35. The molecule has 258 valence electrons. The predicted octanol–water partition coefficient (Wildman–Crippen LogP) is 8.40. The minimum Gasteiger partial charge on any atom is -0.479 e. The molecule has 0 saturated carbocycles. The number of phosphoric acid groups is 1. The van der Waals surface area contributed by atoms with Crippen molar-refractivity contribution in [3.05, 3.63) is 0 Å². The number of hydrogen-bond donors (Lipinski definition) is 5. The van der Waals surface area contributed by atoms with Gasteiger partial charge in [-0.1, -0.05) is 155 Å². The lowest BCUT2D eigenvalue weighted by molar-refractivity contribution is -0.176. The first kappa shape index (κ1) is 44.1. The van der Waals surface area contributed by atoms with E-state index >= 15 is 0 Å². The van der Waals surface area contributed by atoms with Crippen molar-refractivity contribution in [1.82, 2.24) is 0 Å². The molecule has 43 heavy (non-hydrogen) atoms. The van der Waals surface area contributed by atoms with Gasteiger partial charge in [0, 0.05) is 13.2 Å². The van der Waals surface area contributed by atoms with Crippen LogP contribution in [0.5, 0.6) is 0 Å². The van der Waals surface area contributed by atoms with Crippen molar-refractivity contribution in [3.63, 3.8) is 0 Å². The molecule has 0 amide bonds. The Kier molecular flexibility index (Phi) is 33.2. The van der Waals surface area contributed by atoms with Gasteiger partial charge in [0.15, 0.2) is 12.2 Å². The fourth-order valence-corrected chi connectivity index (χ4v) is 4.88. The molecule has 2 unspecified atom stereocenters. The second-order valence-electron chi connectivity index (χ2n) is 11.6. The molecule has 0 aromatic rings. The number of carbonyl (C=O) groups is 2. The molecule has 11 heteroatoms. The maximum Gasteiger partial charge on any atom is 0.466 e. The van der Waals surface area contributed by atoms with Crippen LogP contribution >= 0.6 is 7.82 Å². The van der Waals surface area contributed by atoms with Crippen molar-refractivity contribution in [2.45, 2.75) is 180 Å². The van der Waals surface area contributed by atoms with Crippen molar-refractivity contribution >= 4 is 19.8 Å². The van der Waals surface area contributed by atoms with Crippen molar-refractivity contribution in [1.29, 1.82) is 0 Å². The van der Waals surface area contributed by atoms with Crippen LogP contribution in [0.25, 0.3) is 0 Å². The fourth-order valence-electron chi connectivity index (χ4n) is 4.88. The predicted molar refractivity (Wildman–Crippen MR) is 171 cm³/mol. The number of carboxylic acids is 2. The Hall–Kier alpha value is -1.03. The topological polar surface area (TPSA) is 171 Å². The lowest BCUT2D eigenvalue weighted by Crippen LogP contribution is -2.44. The Bertz CT molecular complexity index is 616. The highest BCUT2D eigenvalue weighted by Crippen LogP contribution is 2.25. The van der Waals surface area contributed by atoms with Crippen molar-refractivity contribution in [2.24, 2.45) is 0 Å². The summed E-state index contributed by atoms with van der Waals surface area (Å²) in [6, 6.07) is 0. The average Bonchev–Trinajstić information content (AvgIpc) is 2.93. The smallest absolute Gasteiger partial charge is 0.466 e. The van der Waals surface area contributed by atoms with E-state index in [4.69, 9.17) is 28.7 Å². The normalized spacial score (nSPS) is 12.9. The lowest BCUT2D eigenvalue weighted by atomic mass is 10.1. The van der Waals surface area contributed by atoms with Crippen LogP contribution in [-0.2, 0) is 23.6 Å². The highest BCUT2D eigenvalue weighted by molar-refractivity contribution is 7.45. The van der Waals surface area contributed by atoms with E-state index in [1.54, 1.807) is 0 Å². The number of ether oxygens (including phenoxy) is 2. The third-order valence-corrected chi connectivity index (χ3v) is 7.35. The maximum atomic E-state index is 11.7. The minimum atomic E-state index is -4.64. The molecule has 0 heterocycles. The molecule has 0 saturated heterocycles. The largest absolute Gasteiger partial charge is 0.479 e. The summed E-state index contributed by atoms with van der Waals surface area (Å²) in [6.45, 7) is 4.98.